The van der Waals surface area contributed by atoms with Gasteiger partial charge in [-0.2, -0.15) is 5.10 Å². The molecule has 0 saturated heterocycles. The molecule has 0 aliphatic carbocycles. The van der Waals surface area contributed by atoms with E-state index < -0.39 is 0 Å². The van der Waals surface area contributed by atoms with Gasteiger partial charge in [-0.1, -0.05) is 39.8 Å². The van der Waals surface area contributed by atoms with Gasteiger partial charge in [0.1, 0.15) is 5.75 Å². The molecule has 1 heterocycles. The summed E-state index contributed by atoms with van der Waals surface area (Å²) < 4.78 is 7.33. The van der Waals surface area contributed by atoms with Gasteiger partial charge < -0.3 is 10.6 Å². The van der Waals surface area contributed by atoms with Gasteiger partial charge in [0.05, 0.1) is 19.1 Å². The molecule has 1 aromatic heterocycles. The van der Waals surface area contributed by atoms with E-state index in [-0.39, 0.29) is 17.5 Å². The molecule has 0 bridgehead atoms. The maximum atomic E-state index is 12.3. The number of rotatable bonds is 8. The number of methoxy groups -OCH3 is 1. The van der Waals surface area contributed by atoms with Crippen LogP contribution < -0.4 is 16.0 Å². The predicted octanol–water partition coefficient (Wildman–Crippen LogP) is 3.18. The molecule has 0 saturated carbocycles. The number of nitrogens with two attached hydrogens (primary N) is 1. The number of aromatic nitrogens is 3. The lowest BCUT2D eigenvalue weighted by molar-refractivity contribution is 0.102. The van der Waals surface area contributed by atoms with Crippen LogP contribution in [0.3, 0.4) is 0 Å². The molecule has 0 atom stereocenters. The molecule has 0 aliphatic rings. The van der Waals surface area contributed by atoms with E-state index in [0.29, 0.717) is 16.5 Å². The van der Waals surface area contributed by atoms with E-state index in [0.717, 1.165) is 10.0 Å². The lowest BCUT2D eigenvalue weighted by Gasteiger charge is -2.04. The molecular weight excluding hydrogens is 444 g/mol. The minimum atomic E-state index is -0.0431. The smallest absolute Gasteiger partial charge is 0.264 e. The number of nitrogens with zero attached hydrogens (tertiary/aromatic N) is 4. The maximum absolute atomic E-state index is 12.3. The number of hydrazone groups is 1. The van der Waals surface area contributed by atoms with Crippen LogP contribution >= 0.6 is 27.7 Å². The highest BCUT2D eigenvalue weighted by atomic mass is 79.9. The number of Topliss-reactive ketones (excluding diaryl/α,β-unsaturated/α-hetero) is 1. The molecule has 144 valence electrons. The summed E-state index contributed by atoms with van der Waals surface area (Å²) in [6.07, 6.45) is 1.64. The fraction of sp³-hybridized carbons (Fsp3) is 0.111. The number of nitrogens with one attached hydrogen (secondary N) is 1. The van der Waals surface area contributed by atoms with Crippen molar-refractivity contribution in [1.82, 2.24) is 14.9 Å². The summed E-state index contributed by atoms with van der Waals surface area (Å²) in [6.45, 7) is 0. The summed E-state index contributed by atoms with van der Waals surface area (Å²) in [7, 11) is 1.58. The van der Waals surface area contributed by atoms with Gasteiger partial charge in [0.15, 0.2) is 5.78 Å². The average molecular weight is 461 g/mol. The minimum absolute atomic E-state index is 0.0431. The Hall–Kier alpha value is -2.85. The molecule has 0 aliphatic heterocycles. The first kappa shape index (κ1) is 19.9. The Labute approximate surface area is 174 Å². The SMILES string of the molecule is COc1ccc(C(=O)CSc2nnc(N/N=C/c3ccc(Br)cc3)n2N)cc1. The molecule has 0 radical (unpaired) electrons. The normalized spacial score (nSPS) is 10.9. The lowest BCUT2D eigenvalue weighted by Crippen LogP contribution is -2.14. The molecule has 0 fully saturated rings. The second kappa shape index (κ2) is 9.38. The number of benzene rings is 2. The number of thioether (sulfide) groups is 1. The molecule has 3 N–H and O–H groups in total. The number of carbonyl (C=O) groups excluding carboxylic acids is 1. The average Bonchev–Trinajstić information content (AvgIpc) is 3.07. The van der Waals surface area contributed by atoms with Crippen LogP contribution in [0.5, 0.6) is 5.75 Å². The van der Waals surface area contributed by atoms with Gasteiger partial charge in [0.25, 0.3) is 5.95 Å². The first-order chi connectivity index (χ1) is 13.6. The van der Waals surface area contributed by atoms with Crippen molar-refractivity contribution in [2.45, 2.75) is 5.16 Å². The zero-order valence-corrected chi connectivity index (χ0v) is 17.3. The molecule has 0 spiro atoms. The van der Waals surface area contributed by atoms with E-state index >= 15 is 0 Å². The van der Waals surface area contributed by atoms with Gasteiger partial charge in [-0.15, -0.1) is 10.2 Å². The fourth-order valence-corrected chi connectivity index (χ4v) is 3.17. The van der Waals surface area contributed by atoms with Crippen LogP contribution in [0.4, 0.5) is 5.95 Å². The molecule has 0 amide bonds. The number of carbonyl (C=O) groups is 1. The van der Waals surface area contributed by atoms with Crippen LogP contribution in [0.2, 0.25) is 0 Å². The number of ketones is 1. The number of anilines is 1. The molecule has 2 aromatic carbocycles. The number of hydrogen-bond acceptors (Lipinski definition) is 8. The Balaban J connectivity index is 1.56. The molecule has 8 nitrogen and oxygen atoms in total. The molecular formula is C18H17BrN6O2S. The van der Waals surface area contributed by atoms with E-state index in [1.165, 1.54) is 16.4 Å². The standard InChI is InChI=1S/C18H17BrN6O2S/c1-27-15-8-4-13(5-9-15)16(26)11-28-18-24-23-17(25(18)20)22-21-10-12-2-6-14(19)7-3-12/h2-10H,11,20H2,1H3,(H,22,23)/b21-10+. The number of hydrogen-bond donors (Lipinski definition) is 2. The van der Waals surface area contributed by atoms with Gasteiger partial charge in [-0.25, -0.2) is 10.1 Å². The van der Waals surface area contributed by atoms with E-state index in [9.17, 15) is 4.79 Å². The molecule has 10 heteroatoms. The summed E-state index contributed by atoms with van der Waals surface area (Å²) >= 11 is 4.58. The van der Waals surface area contributed by atoms with Crippen LogP contribution in [0.1, 0.15) is 15.9 Å². The van der Waals surface area contributed by atoms with E-state index in [2.05, 4.69) is 36.7 Å². The summed E-state index contributed by atoms with van der Waals surface area (Å²) in [5, 5.41) is 12.4. The molecule has 0 unspecified atom stereocenters. The van der Waals surface area contributed by atoms with Crippen molar-refractivity contribution >= 4 is 45.6 Å². The van der Waals surface area contributed by atoms with Crippen LogP contribution in [0.15, 0.2) is 63.3 Å². The van der Waals surface area contributed by atoms with Gasteiger partial charge in [-0.05, 0) is 42.0 Å². The summed E-state index contributed by atoms with van der Waals surface area (Å²) in [5.74, 6) is 7.08. The van der Waals surface area contributed by atoms with Crippen molar-refractivity contribution in [2.75, 3.05) is 24.1 Å². The first-order valence-corrected chi connectivity index (χ1v) is 9.90. The Morgan fingerprint density at radius 3 is 2.64 bits per heavy atom. The third kappa shape index (κ3) is 5.11. The third-order valence-electron chi connectivity index (χ3n) is 3.66. The molecule has 28 heavy (non-hydrogen) atoms. The Kier molecular flexibility index (Phi) is 6.66. The van der Waals surface area contributed by atoms with Gasteiger partial charge in [-0.3, -0.25) is 4.79 Å². The van der Waals surface area contributed by atoms with Crippen molar-refractivity contribution in [3.8, 4) is 5.75 Å². The van der Waals surface area contributed by atoms with Gasteiger partial charge in [0.2, 0.25) is 5.16 Å². The highest BCUT2D eigenvalue weighted by Gasteiger charge is 2.13. The quantitative estimate of drug-likeness (QED) is 0.174. The minimum Gasteiger partial charge on any atom is -0.497 e. The van der Waals surface area contributed by atoms with Crippen LogP contribution in [0.25, 0.3) is 0 Å². The van der Waals surface area contributed by atoms with Crippen molar-refractivity contribution in [3.63, 3.8) is 0 Å². The summed E-state index contributed by atoms with van der Waals surface area (Å²) in [6, 6.07) is 14.6. The topological polar surface area (TPSA) is 107 Å². The Morgan fingerprint density at radius 1 is 1.25 bits per heavy atom. The molecule has 3 aromatic rings. The summed E-state index contributed by atoms with van der Waals surface area (Å²) in [5.41, 5.74) is 4.25. The number of halogens is 1. The van der Waals surface area contributed by atoms with E-state index in [1.54, 1.807) is 37.6 Å². The van der Waals surface area contributed by atoms with Crippen molar-refractivity contribution < 1.29 is 9.53 Å². The van der Waals surface area contributed by atoms with E-state index in [1.807, 2.05) is 24.3 Å². The zero-order chi connectivity index (χ0) is 19.9. The monoisotopic (exact) mass is 460 g/mol. The predicted molar refractivity (Wildman–Crippen MR) is 114 cm³/mol. The van der Waals surface area contributed by atoms with Crippen molar-refractivity contribution in [2.24, 2.45) is 5.10 Å². The first-order valence-electron chi connectivity index (χ1n) is 8.12. The Bertz CT molecular complexity index is 973. The van der Waals surface area contributed by atoms with Crippen molar-refractivity contribution in [3.05, 3.63) is 64.1 Å². The second-order valence-electron chi connectivity index (χ2n) is 5.54. The maximum Gasteiger partial charge on any atom is 0.264 e. The number of nitrogen functional groups attached to an aromatic ring is 1. The zero-order valence-electron chi connectivity index (χ0n) is 14.9. The van der Waals surface area contributed by atoms with E-state index in [4.69, 9.17) is 10.6 Å². The van der Waals surface area contributed by atoms with Crippen LogP contribution in [-0.4, -0.2) is 39.7 Å². The van der Waals surface area contributed by atoms with Crippen LogP contribution in [0, 0.1) is 0 Å². The largest absolute Gasteiger partial charge is 0.497 e. The van der Waals surface area contributed by atoms with Crippen molar-refractivity contribution in [1.29, 1.82) is 0 Å². The highest BCUT2D eigenvalue weighted by Crippen LogP contribution is 2.19. The second-order valence-corrected chi connectivity index (χ2v) is 7.40. The number of ether oxygens (including phenoxy) is 1. The third-order valence-corrected chi connectivity index (χ3v) is 5.13. The summed E-state index contributed by atoms with van der Waals surface area (Å²) in [4.78, 5) is 12.3. The van der Waals surface area contributed by atoms with Gasteiger partial charge in [0, 0.05) is 10.0 Å². The fourth-order valence-electron chi connectivity index (χ4n) is 2.16. The molecule has 3 rings (SSSR count). The van der Waals surface area contributed by atoms with Gasteiger partial charge >= 0.3 is 0 Å². The van der Waals surface area contributed by atoms with Crippen LogP contribution in [-0.2, 0) is 0 Å². The Morgan fingerprint density at radius 2 is 1.96 bits per heavy atom. The highest BCUT2D eigenvalue weighted by molar-refractivity contribution is 9.10. The lowest BCUT2D eigenvalue weighted by atomic mass is 10.1.